The van der Waals surface area contributed by atoms with Crippen LogP contribution >= 0.6 is 11.6 Å². The van der Waals surface area contributed by atoms with E-state index >= 15 is 0 Å². The monoisotopic (exact) mass is 393 g/mol. The number of carbonyl (C=O) groups is 2. The first-order valence-corrected chi connectivity index (χ1v) is 9.36. The topological polar surface area (TPSA) is 99.5 Å². The van der Waals surface area contributed by atoms with E-state index in [1.807, 2.05) is 41.6 Å². The summed E-state index contributed by atoms with van der Waals surface area (Å²) in [5.41, 5.74) is 1.64. The Bertz CT molecular complexity index is 847. The average molecular weight is 394 g/mol. The number of rotatable bonds is 7. The van der Waals surface area contributed by atoms with E-state index in [1.165, 1.54) is 0 Å². The largest absolute Gasteiger partial charge is 0.480 e. The van der Waals surface area contributed by atoms with Crippen LogP contribution in [0.5, 0.6) is 0 Å². The number of nitrogens with zero attached hydrogens (tertiary/aromatic N) is 3. The van der Waals surface area contributed by atoms with Crippen molar-refractivity contribution >= 4 is 34.6 Å². The van der Waals surface area contributed by atoms with E-state index in [0.29, 0.717) is 18.1 Å². The van der Waals surface area contributed by atoms with Crippen LogP contribution in [-0.2, 0) is 18.4 Å². The number of urea groups is 1. The minimum atomic E-state index is -0.825. The van der Waals surface area contributed by atoms with Gasteiger partial charge in [-0.3, -0.25) is 9.69 Å². The van der Waals surface area contributed by atoms with E-state index in [-0.39, 0.29) is 24.7 Å². The molecule has 1 fully saturated rings. The van der Waals surface area contributed by atoms with Crippen molar-refractivity contribution in [1.82, 2.24) is 25.1 Å². The van der Waals surface area contributed by atoms with Crippen LogP contribution in [0.3, 0.4) is 0 Å². The van der Waals surface area contributed by atoms with E-state index in [1.54, 1.807) is 0 Å². The molecule has 1 saturated carbocycles. The summed E-state index contributed by atoms with van der Waals surface area (Å²) in [5.74, 6) is -0.105. The summed E-state index contributed by atoms with van der Waals surface area (Å²) >= 11 is 6.21. The molecule has 8 nitrogen and oxygen atoms in total. The normalized spacial score (nSPS) is 19.1. The molecule has 1 aromatic heterocycles. The molecule has 27 heavy (non-hydrogen) atoms. The number of para-hydroxylation sites is 1. The van der Waals surface area contributed by atoms with Crippen LogP contribution < -0.4 is 10.6 Å². The van der Waals surface area contributed by atoms with Crippen LogP contribution in [0.2, 0.25) is 5.02 Å². The van der Waals surface area contributed by atoms with Gasteiger partial charge in [-0.25, -0.2) is 9.78 Å². The quantitative estimate of drug-likeness (QED) is 0.667. The van der Waals surface area contributed by atoms with Gasteiger partial charge in [-0.15, -0.1) is 0 Å². The maximum atomic E-state index is 12.1. The highest BCUT2D eigenvalue weighted by Gasteiger charge is 2.34. The van der Waals surface area contributed by atoms with E-state index in [2.05, 4.69) is 15.6 Å². The van der Waals surface area contributed by atoms with Gasteiger partial charge in [0.1, 0.15) is 5.82 Å². The van der Waals surface area contributed by atoms with Gasteiger partial charge >= 0.3 is 12.0 Å². The standard InChI is InChI=1S/C18H24ClN5O3/c1-3-24(10-16(25)26)12-7-11(8-12)21-18(27)20-9-15-22-14-6-4-5-13(19)17(14)23(15)2/h4-6,11-12H,3,7-10H2,1-2H3,(H,25,26)(H2,20,21,27). The summed E-state index contributed by atoms with van der Waals surface area (Å²) in [4.78, 5) is 29.4. The fraction of sp³-hybridized carbons (Fsp3) is 0.500. The summed E-state index contributed by atoms with van der Waals surface area (Å²) in [5, 5.41) is 15.3. The lowest BCUT2D eigenvalue weighted by atomic mass is 9.85. The highest BCUT2D eigenvalue weighted by atomic mass is 35.5. The number of amides is 2. The molecule has 0 spiro atoms. The molecule has 0 saturated heterocycles. The number of aromatic nitrogens is 2. The molecule has 0 bridgehead atoms. The smallest absolute Gasteiger partial charge is 0.317 e. The second-order valence-electron chi connectivity index (χ2n) is 6.80. The molecule has 1 heterocycles. The van der Waals surface area contributed by atoms with Crippen molar-refractivity contribution in [3.63, 3.8) is 0 Å². The van der Waals surface area contributed by atoms with Gasteiger partial charge in [0.25, 0.3) is 0 Å². The predicted molar refractivity (Wildman–Crippen MR) is 103 cm³/mol. The number of carboxylic acids is 1. The average Bonchev–Trinajstić information content (AvgIpc) is 2.91. The first-order chi connectivity index (χ1) is 12.9. The molecule has 1 aromatic carbocycles. The number of aryl methyl sites for hydroxylation is 1. The van der Waals surface area contributed by atoms with E-state index in [0.717, 1.165) is 29.7 Å². The van der Waals surface area contributed by atoms with Crippen molar-refractivity contribution < 1.29 is 14.7 Å². The summed E-state index contributed by atoms with van der Waals surface area (Å²) in [6.45, 7) is 2.96. The highest BCUT2D eigenvalue weighted by molar-refractivity contribution is 6.35. The van der Waals surface area contributed by atoms with Crippen LogP contribution in [0.25, 0.3) is 11.0 Å². The van der Waals surface area contributed by atoms with Crippen molar-refractivity contribution in [1.29, 1.82) is 0 Å². The number of imidazole rings is 1. The Morgan fingerprint density at radius 1 is 1.41 bits per heavy atom. The molecule has 1 aliphatic rings. The Labute approximate surface area is 162 Å². The van der Waals surface area contributed by atoms with Gasteiger partial charge in [0.05, 0.1) is 29.1 Å². The summed E-state index contributed by atoms with van der Waals surface area (Å²) in [6, 6.07) is 5.56. The lowest BCUT2D eigenvalue weighted by Crippen LogP contribution is -2.56. The number of fused-ring (bicyclic) bond motifs is 1. The number of halogens is 1. The van der Waals surface area contributed by atoms with Crippen molar-refractivity contribution in [3.8, 4) is 0 Å². The van der Waals surface area contributed by atoms with Crippen LogP contribution in [0.1, 0.15) is 25.6 Å². The second kappa shape index (κ2) is 8.14. The second-order valence-corrected chi connectivity index (χ2v) is 7.21. The number of nitrogens with one attached hydrogen (secondary N) is 2. The predicted octanol–water partition coefficient (Wildman–Crippen LogP) is 1.96. The van der Waals surface area contributed by atoms with Gasteiger partial charge < -0.3 is 20.3 Å². The number of carboxylic acid groups (broad SMARTS) is 1. The Kier molecular flexibility index (Phi) is 5.86. The van der Waals surface area contributed by atoms with Crippen molar-refractivity contribution in [2.24, 2.45) is 7.05 Å². The lowest BCUT2D eigenvalue weighted by molar-refractivity contribution is -0.139. The van der Waals surface area contributed by atoms with Gasteiger partial charge in [0, 0.05) is 19.1 Å². The number of hydrogen-bond donors (Lipinski definition) is 3. The van der Waals surface area contributed by atoms with Gasteiger partial charge in [0.15, 0.2) is 0 Å². The van der Waals surface area contributed by atoms with Crippen molar-refractivity contribution in [3.05, 3.63) is 29.0 Å². The number of aliphatic carboxylic acids is 1. The summed E-state index contributed by atoms with van der Waals surface area (Å²) < 4.78 is 1.88. The van der Waals surface area contributed by atoms with Gasteiger partial charge in [-0.2, -0.15) is 0 Å². The van der Waals surface area contributed by atoms with Crippen LogP contribution in [0.4, 0.5) is 4.79 Å². The number of benzene rings is 1. The third-order valence-electron chi connectivity index (χ3n) is 5.05. The van der Waals surface area contributed by atoms with E-state index in [9.17, 15) is 9.59 Å². The van der Waals surface area contributed by atoms with Crippen molar-refractivity contribution in [2.75, 3.05) is 13.1 Å². The maximum absolute atomic E-state index is 12.1. The van der Waals surface area contributed by atoms with E-state index in [4.69, 9.17) is 16.7 Å². The van der Waals surface area contributed by atoms with Gasteiger partial charge in [-0.1, -0.05) is 24.6 Å². The fourth-order valence-corrected chi connectivity index (χ4v) is 3.80. The minimum Gasteiger partial charge on any atom is -0.480 e. The molecule has 0 unspecified atom stereocenters. The summed E-state index contributed by atoms with van der Waals surface area (Å²) in [7, 11) is 1.87. The zero-order valence-electron chi connectivity index (χ0n) is 15.4. The Morgan fingerprint density at radius 3 is 2.78 bits per heavy atom. The zero-order valence-corrected chi connectivity index (χ0v) is 16.2. The number of hydrogen-bond acceptors (Lipinski definition) is 4. The molecule has 146 valence electrons. The molecule has 2 aromatic rings. The van der Waals surface area contributed by atoms with Crippen LogP contribution in [0, 0.1) is 0 Å². The molecule has 0 radical (unpaired) electrons. The molecule has 3 N–H and O–H groups in total. The van der Waals surface area contributed by atoms with Crippen LogP contribution in [-0.4, -0.2) is 56.7 Å². The molecule has 2 amide bonds. The minimum absolute atomic E-state index is 0.0371. The molecule has 9 heteroatoms. The maximum Gasteiger partial charge on any atom is 0.317 e. The molecular weight excluding hydrogens is 370 g/mol. The Balaban J connectivity index is 1.48. The first kappa shape index (κ1) is 19.4. The SMILES string of the molecule is CCN(CC(=O)O)C1CC(NC(=O)NCc2nc3cccc(Cl)c3n2C)C1. The van der Waals surface area contributed by atoms with Crippen molar-refractivity contribution in [2.45, 2.75) is 38.4 Å². The highest BCUT2D eigenvalue weighted by Crippen LogP contribution is 2.26. The van der Waals surface area contributed by atoms with Crippen LogP contribution in [0.15, 0.2) is 18.2 Å². The fourth-order valence-electron chi connectivity index (χ4n) is 3.50. The van der Waals surface area contributed by atoms with Gasteiger partial charge in [-0.05, 0) is 31.5 Å². The Hall–Kier alpha value is -2.32. The molecule has 0 aliphatic heterocycles. The molecule has 3 rings (SSSR count). The number of likely N-dealkylation sites (N-methyl/N-ethyl adjacent to an activating group) is 1. The third-order valence-corrected chi connectivity index (χ3v) is 5.36. The summed E-state index contributed by atoms with van der Waals surface area (Å²) in [6.07, 6.45) is 1.52. The number of carbonyl (C=O) groups excluding carboxylic acids is 1. The molecule has 0 atom stereocenters. The third kappa shape index (κ3) is 4.33. The van der Waals surface area contributed by atoms with E-state index < -0.39 is 5.97 Å². The molecular formula is C18H24ClN5O3. The molecule has 1 aliphatic carbocycles. The lowest BCUT2D eigenvalue weighted by Gasteiger charge is -2.42. The zero-order chi connectivity index (χ0) is 19.6. The Morgan fingerprint density at radius 2 is 2.15 bits per heavy atom. The van der Waals surface area contributed by atoms with Gasteiger partial charge in [0.2, 0.25) is 0 Å². The first-order valence-electron chi connectivity index (χ1n) is 8.99.